The van der Waals surface area contributed by atoms with Crippen LogP contribution in [0, 0.1) is 5.82 Å². The van der Waals surface area contributed by atoms with Crippen molar-refractivity contribution in [2.24, 2.45) is 0 Å². The Balaban J connectivity index is 1.39. The summed E-state index contributed by atoms with van der Waals surface area (Å²) in [6.07, 6.45) is 9.36. The monoisotopic (exact) mass is 394 g/mol. The van der Waals surface area contributed by atoms with Crippen LogP contribution in [0.3, 0.4) is 0 Å². The normalized spacial score (nSPS) is 15.4. The second-order valence-corrected chi connectivity index (χ2v) is 6.57. The lowest BCUT2D eigenvalue weighted by atomic mass is 10.2. The van der Waals surface area contributed by atoms with E-state index in [-0.39, 0.29) is 23.1 Å². The highest BCUT2D eigenvalue weighted by atomic mass is 19.1. The lowest BCUT2D eigenvalue weighted by Gasteiger charge is -2.16. The van der Waals surface area contributed by atoms with Crippen LogP contribution >= 0.6 is 0 Å². The lowest BCUT2D eigenvalue weighted by molar-refractivity contribution is 0.102. The van der Waals surface area contributed by atoms with Crippen LogP contribution in [0.1, 0.15) is 16.2 Å². The molecular formula is C18H15FN8O2. The smallest absolute Gasteiger partial charge is 0.263 e. The summed E-state index contributed by atoms with van der Waals surface area (Å²) < 4.78 is 22.6. The number of carbonyl (C=O) groups is 1. The zero-order valence-corrected chi connectivity index (χ0v) is 15.0. The van der Waals surface area contributed by atoms with E-state index in [1.807, 2.05) is 10.8 Å². The number of nitrogens with two attached hydrogens (primary N) is 1. The van der Waals surface area contributed by atoms with Gasteiger partial charge in [0.15, 0.2) is 17.3 Å². The van der Waals surface area contributed by atoms with Crippen LogP contribution in [0.15, 0.2) is 43.2 Å². The molecule has 29 heavy (non-hydrogen) atoms. The Hall–Kier alpha value is -4.02. The molecule has 4 aromatic rings. The molecule has 0 bridgehead atoms. The molecule has 0 unspecified atom stereocenters. The van der Waals surface area contributed by atoms with Gasteiger partial charge >= 0.3 is 0 Å². The minimum absolute atomic E-state index is 0.0424. The fourth-order valence-electron chi connectivity index (χ4n) is 3.35. The quantitative estimate of drug-likeness (QED) is 0.534. The summed E-state index contributed by atoms with van der Waals surface area (Å²) in [6, 6.07) is 1.67. The van der Waals surface area contributed by atoms with Gasteiger partial charge in [0.25, 0.3) is 5.91 Å². The number of pyridine rings is 1. The first-order valence-electron chi connectivity index (χ1n) is 8.80. The second kappa shape index (κ2) is 6.55. The highest BCUT2D eigenvalue weighted by Gasteiger charge is 2.25. The van der Waals surface area contributed by atoms with Crippen molar-refractivity contribution in [1.82, 2.24) is 29.1 Å². The van der Waals surface area contributed by atoms with Gasteiger partial charge in [0.2, 0.25) is 0 Å². The fourth-order valence-corrected chi connectivity index (χ4v) is 3.35. The van der Waals surface area contributed by atoms with E-state index in [0.29, 0.717) is 24.4 Å². The number of hydrogen-bond acceptors (Lipinski definition) is 7. The van der Waals surface area contributed by atoms with Gasteiger partial charge in [0.05, 0.1) is 25.1 Å². The van der Waals surface area contributed by atoms with Crippen molar-refractivity contribution in [3.05, 3.63) is 60.5 Å². The molecule has 10 nitrogen and oxygen atoms in total. The Morgan fingerprint density at radius 2 is 2.21 bits per heavy atom. The van der Waals surface area contributed by atoms with E-state index in [0.717, 1.165) is 22.7 Å². The predicted molar refractivity (Wildman–Crippen MR) is 99.9 cm³/mol. The molecule has 0 radical (unpaired) electrons. The van der Waals surface area contributed by atoms with Crippen molar-refractivity contribution in [3.8, 4) is 5.75 Å². The van der Waals surface area contributed by atoms with Crippen LogP contribution < -0.4 is 15.8 Å². The molecule has 0 saturated heterocycles. The molecule has 0 spiro atoms. The van der Waals surface area contributed by atoms with Gasteiger partial charge in [0.1, 0.15) is 28.9 Å². The van der Waals surface area contributed by atoms with Crippen molar-refractivity contribution in [2.45, 2.75) is 19.1 Å². The topological polar surface area (TPSA) is 125 Å². The number of imidazole rings is 1. The maximum absolute atomic E-state index is 13.4. The summed E-state index contributed by atoms with van der Waals surface area (Å²) in [5, 5.41) is 6.67. The number of carbonyl (C=O) groups excluding carboxylic acids is 1. The van der Waals surface area contributed by atoms with E-state index >= 15 is 0 Å². The number of nitrogens with zero attached hydrogens (tertiary/aromatic N) is 6. The standard InChI is InChI=1S/C18H15FN8O2/c19-10-6-23-17-15(16(20)25-27(17)8-10)18(28)24-12-7-21-2-1-13(12)29-11-5-14-22-3-4-26(14)9-11/h1-4,6-8,11H,5,9H2,(H2,20,25)(H,24,28)/t11-/m0/s1. The third-order valence-corrected chi connectivity index (χ3v) is 4.63. The number of ether oxygens (including phenoxy) is 1. The third kappa shape index (κ3) is 3.02. The number of anilines is 2. The van der Waals surface area contributed by atoms with E-state index in [1.165, 1.54) is 6.20 Å². The van der Waals surface area contributed by atoms with Crippen molar-refractivity contribution in [3.63, 3.8) is 0 Å². The number of halogens is 1. The van der Waals surface area contributed by atoms with Crippen molar-refractivity contribution >= 4 is 23.1 Å². The zero-order valence-electron chi connectivity index (χ0n) is 15.0. The van der Waals surface area contributed by atoms with Gasteiger partial charge in [-0.2, -0.15) is 0 Å². The fraction of sp³-hybridized carbons (Fsp3) is 0.167. The van der Waals surface area contributed by atoms with Gasteiger partial charge in [-0.05, 0) is 0 Å². The Kier molecular flexibility index (Phi) is 3.86. The van der Waals surface area contributed by atoms with Crippen molar-refractivity contribution < 1.29 is 13.9 Å². The Morgan fingerprint density at radius 3 is 3.07 bits per heavy atom. The first kappa shape index (κ1) is 17.1. The minimum atomic E-state index is -0.591. The maximum Gasteiger partial charge on any atom is 0.263 e. The molecule has 11 heteroatoms. The van der Waals surface area contributed by atoms with Gasteiger partial charge in [-0.1, -0.05) is 0 Å². The van der Waals surface area contributed by atoms with Crippen LogP contribution in [0.4, 0.5) is 15.9 Å². The average molecular weight is 394 g/mol. The van der Waals surface area contributed by atoms with Crippen LogP contribution in [0.5, 0.6) is 5.75 Å². The SMILES string of the molecule is Nc1nn2cc(F)cnc2c1C(=O)Nc1cnccc1O[C@H]1Cc2nccn2C1. The third-order valence-electron chi connectivity index (χ3n) is 4.63. The minimum Gasteiger partial charge on any atom is -0.486 e. The number of hydrogen-bond donors (Lipinski definition) is 2. The number of nitrogen functional groups attached to an aromatic ring is 1. The van der Waals surface area contributed by atoms with Gasteiger partial charge in [-0.25, -0.2) is 18.9 Å². The van der Waals surface area contributed by atoms with E-state index in [2.05, 4.69) is 25.4 Å². The maximum atomic E-state index is 13.4. The first-order valence-corrected chi connectivity index (χ1v) is 8.80. The molecule has 146 valence electrons. The summed E-state index contributed by atoms with van der Waals surface area (Å²) in [5.74, 6) is 0.221. The summed E-state index contributed by atoms with van der Waals surface area (Å²) >= 11 is 0. The van der Waals surface area contributed by atoms with Crippen LogP contribution in [0.25, 0.3) is 5.65 Å². The molecule has 1 amide bonds. The Labute approximate surface area is 163 Å². The number of fused-ring (bicyclic) bond motifs is 2. The molecule has 4 aromatic heterocycles. The van der Waals surface area contributed by atoms with E-state index in [9.17, 15) is 9.18 Å². The molecule has 1 aliphatic heterocycles. The summed E-state index contributed by atoms with van der Waals surface area (Å²) in [5.41, 5.74) is 6.42. The first-order chi connectivity index (χ1) is 14.1. The molecule has 0 aliphatic carbocycles. The Morgan fingerprint density at radius 1 is 1.31 bits per heavy atom. The van der Waals surface area contributed by atoms with Gasteiger partial charge in [-0.3, -0.25) is 9.78 Å². The number of amides is 1. The van der Waals surface area contributed by atoms with E-state index in [4.69, 9.17) is 10.5 Å². The molecule has 0 saturated carbocycles. The molecule has 5 heterocycles. The molecule has 0 fully saturated rings. The second-order valence-electron chi connectivity index (χ2n) is 6.57. The van der Waals surface area contributed by atoms with Crippen LogP contribution in [-0.2, 0) is 13.0 Å². The largest absolute Gasteiger partial charge is 0.486 e. The van der Waals surface area contributed by atoms with E-state index in [1.54, 1.807) is 18.5 Å². The van der Waals surface area contributed by atoms with Crippen molar-refractivity contribution in [2.75, 3.05) is 11.1 Å². The molecule has 0 aromatic carbocycles. The molecule has 5 rings (SSSR count). The highest BCUT2D eigenvalue weighted by Crippen LogP contribution is 2.28. The highest BCUT2D eigenvalue weighted by molar-refractivity contribution is 6.11. The van der Waals surface area contributed by atoms with Crippen molar-refractivity contribution in [1.29, 1.82) is 0 Å². The van der Waals surface area contributed by atoms with E-state index < -0.39 is 11.7 Å². The summed E-state index contributed by atoms with van der Waals surface area (Å²) in [6.45, 7) is 0.668. The number of nitrogens with one attached hydrogen (secondary N) is 1. The Bertz CT molecular complexity index is 1210. The van der Waals surface area contributed by atoms with Gasteiger partial charge in [0, 0.05) is 31.1 Å². The molecule has 3 N–H and O–H groups in total. The summed E-state index contributed by atoms with van der Waals surface area (Å²) in [7, 11) is 0. The van der Waals surface area contributed by atoms with Gasteiger partial charge < -0.3 is 20.4 Å². The predicted octanol–water partition coefficient (Wildman–Crippen LogP) is 1.30. The summed E-state index contributed by atoms with van der Waals surface area (Å²) in [4.78, 5) is 25.1. The molecule has 1 atom stereocenters. The zero-order chi connectivity index (χ0) is 20.0. The van der Waals surface area contributed by atoms with Gasteiger partial charge in [-0.15, -0.1) is 5.10 Å². The number of aromatic nitrogens is 6. The molecular weight excluding hydrogens is 379 g/mol. The average Bonchev–Trinajstić information content (AvgIpc) is 3.35. The number of rotatable bonds is 4. The molecule has 1 aliphatic rings. The van der Waals surface area contributed by atoms with Crippen LogP contribution in [-0.4, -0.2) is 41.1 Å². The van der Waals surface area contributed by atoms with Crippen LogP contribution in [0.2, 0.25) is 0 Å². The lowest BCUT2D eigenvalue weighted by Crippen LogP contribution is -2.20.